The summed E-state index contributed by atoms with van der Waals surface area (Å²) in [6, 6.07) is 11.2. The Labute approximate surface area is 148 Å². The largest absolute Gasteiger partial charge is 0.391 e. The summed E-state index contributed by atoms with van der Waals surface area (Å²) in [5.74, 6) is -0.599. The summed E-state index contributed by atoms with van der Waals surface area (Å²) in [5, 5.41) is 17.3. The zero-order valence-corrected chi connectivity index (χ0v) is 15.2. The molecule has 0 saturated carbocycles. The predicted octanol–water partition coefficient (Wildman–Crippen LogP) is 3.18. The highest BCUT2D eigenvalue weighted by Crippen LogP contribution is 2.25. The van der Waals surface area contributed by atoms with E-state index in [1.54, 1.807) is 19.9 Å². The molecule has 0 saturated heterocycles. The Balaban J connectivity index is 2.34. The van der Waals surface area contributed by atoms with Crippen LogP contribution in [-0.2, 0) is 4.79 Å². The minimum absolute atomic E-state index is 0.0528. The lowest BCUT2D eigenvalue weighted by atomic mass is 10.0. The number of aliphatic hydroxyl groups is 1. The van der Waals surface area contributed by atoms with E-state index in [0.717, 1.165) is 10.8 Å². The summed E-state index contributed by atoms with van der Waals surface area (Å²) >= 11 is 0. The Kier molecular flexibility index (Phi) is 6.15. The van der Waals surface area contributed by atoms with E-state index in [-0.39, 0.29) is 30.2 Å². The van der Waals surface area contributed by atoms with Crippen molar-refractivity contribution in [2.45, 2.75) is 33.8 Å². The second kappa shape index (κ2) is 8.12. The van der Waals surface area contributed by atoms with Crippen LogP contribution in [0.2, 0.25) is 0 Å². The Morgan fingerprint density at radius 3 is 2.20 bits per heavy atom. The van der Waals surface area contributed by atoms with Crippen molar-refractivity contribution in [1.82, 2.24) is 5.32 Å². The van der Waals surface area contributed by atoms with E-state index in [0.29, 0.717) is 11.3 Å². The quantitative estimate of drug-likeness (QED) is 0.754. The Bertz CT molecular complexity index is 769. The van der Waals surface area contributed by atoms with Crippen LogP contribution in [0, 0.1) is 11.8 Å². The SMILES string of the molecule is CC(C)C(=O)Nc1cc2ccccc2cc1C(=O)NCC(O)C(C)C. The topological polar surface area (TPSA) is 78.4 Å². The van der Waals surface area contributed by atoms with Gasteiger partial charge >= 0.3 is 0 Å². The van der Waals surface area contributed by atoms with Crippen molar-refractivity contribution in [1.29, 1.82) is 0 Å². The molecule has 2 aromatic carbocycles. The number of hydrogen-bond acceptors (Lipinski definition) is 3. The highest BCUT2D eigenvalue weighted by Gasteiger charge is 2.18. The van der Waals surface area contributed by atoms with Crippen molar-refractivity contribution >= 4 is 28.3 Å². The number of fused-ring (bicyclic) bond motifs is 1. The van der Waals surface area contributed by atoms with Crippen LogP contribution in [0.15, 0.2) is 36.4 Å². The molecule has 0 bridgehead atoms. The highest BCUT2D eigenvalue weighted by molar-refractivity contribution is 6.08. The maximum absolute atomic E-state index is 12.6. The van der Waals surface area contributed by atoms with Gasteiger partial charge in [0.25, 0.3) is 5.91 Å². The number of amides is 2. The molecule has 0 aromatic heterocycles. The summed E-state index contributed by atoms with van der Waals surface area (Å²) in [6.07, 6.45) is -0.613. The summed E-state index contributed by atoms with van der Waals surface area (Å²) in [5.41, 5.74) is 0.873. The second-order valence-corrected chi connectivity index (χ2v) is 6.91. The average Bonchev–Trinajstić information content (AvgIpc) is 2.58. The van der Waals surface area contributed by atoms with Crippen LogP contribution in [0.25, 0.3) is 10.8 Å². The first-order chi connectivity index (χ1) is 11.8. The van der Waals surface area contributed by atoms with Crippen molar-refractivity contribution in [2.24, 2.45) is 11.8 Å². The van der Waals surface area contributed by atoms with E-state index in [4.69, 9.17) is 0 Å². The van der Waals surface area contributed by atoms with Gasteiger partial charge in [0.15, 0.2) is 0 Å². The van der Waals surface area contributed by atoms with Crippen LogP contribution in [0.5, 0.6) is 0 Å². The zero-order chi connectivity index (χ0) is 18.6. The van der Waals surface area contributed by atoms with Gasteiger partial charge in [-0.1, -0.05) is 52.0 Å². The molecule has 5 nitrogen and oxygen atoms in total. The van der Waals surface area contributed by atoms with Crippen LogP contribution in [0.3, 0.4) is 0 Å². The molecule has 0 aliphatic heterocycles. The van der Waals surface area contributed by atoms with Crippen molar-refractivity contribution < 1.29 is 14.7 Å². The molecule has 0 heterocycles. The first-order valence-corrected chi connectivity index (χ1v) is 8.59. The molecule has 0 aliphatic carbocycles. The molecule has 3 N–H and O–H groups in total. The summed E-state index contributed by atoms with van der Waals surface area (Å²) in [6.45, 7) is 7.55. The van der Waals surface area contributed by atoms with Gasteiger partial charge < -0.3 is 15.7 Å². The lowest BCUT2D eigenvalue weighted by molar-refractivity contribution is -0.118. The van der Waals surface area contributed by atoms with E-state index in [2.05, 4.69) is 10.6 Å². The summed E-state index contributed by atoms with van der Waals surface area (Å²) in [7, 11) is 0. The number of anilines is 1. The van der Waals surface area contributed by atoms with Gasteiger partial charge in [-0.05, 0) is 28.8 Å². The fourth-order valence-electron chi connectivity index (χ4n) is 2.34. The van der Waals surface area contributed by atoms with Crippen LogP contribution in [-0.4, -0.2) is 29.6 Å². The predicted molar refractivity (Wildman–Crippen MR) is 101 cm³/mol. The highest BCUT2D eigenvalue weighted by atomic mass is 16.3. The minimum Gasteiger partial charge on any atom is -0.391 e. The zero-order valence-electron chi connectivity index (χ0n) is 15.2. The van der Waals surface area contributed by atoms with Gasteiger partial charge in [-0.2, -0.15) is 0 Å². The summed E-state index contributed by atoms with van der Waals surface area (Å²) < 4.78 is 0. The van der Waals surface area contributed by atoms with Crippen LogP contribution in [0.1, 0.15) is 38.1 Å². The molecule has 134 valence electrons. The minimum atomic E-state index is -0.613. The Morgan fingerprint density at radius 2 is 1.64 bits per heavy atom. The molecule has 0 fully saturated rings. The van der Waals surface area contributed by atoms with E-state index in [9.17, 15) is 14.7 Å². The summed E-state index contributed by atoms with van der Waals surface area (Å²) in [4.78, 5) is 24.7. The van der Waals surface area contributed by atoms with Crippen molar-refractivity contribution in [3.05, 3.63) is 42.0 Å². The van der Waals surface area contributed by atoms with Gasteiger partial charge in [0.05, 0.1) is 17.4 Å². The molecule has 5 heteroatoms. The van der Waals surface area contributed by atoms with Crippen molar-refractivity contribution in [3.63, 3.8) is 0 Å². The number of benzene rings is 2. The third-order valence-corrected chi connectivity index (χ3v) is 4.15. The maximum atomic E-state index is 12.6. The molecule has 2 rings (SSSR count). The fourth-order valence-corrected chi connectivity index (χ4v) is 2.34. The monoisotopic (exact) mass is 342 g/mol. The first-order valence-electron chi connectivity index (χ1n) is 8.59. The molecule has 2 amide bonds. The average molecular weight is 342 g/mol. The number of nitrogens with one attached hydrogen (secondary N) is 2. The van der Waals surface area contributed by atoms with E-state index >= 15 is 0 Å². The number of carbonyl (C=O) groups is 2. The molecule has 0 spiro atoms. The lowest BCUT2D eigenvalue weighted by Crippen LogP contribution is -2.35. The first kappa shape index (κ1) is 18.9. The van der Waals surface area contributed by atoms with Crippen LogP contribution >= 0.6 is 0 Å². The molecule has 2 aromatic rings. The maximum Gasteiger partial charge on any atom is 0.253 e. The van der Waals surface area contributed by atoms with Gasteiger partial charge in [0.2, 0.25) is 5.91 Å². The Hall–Kier alpha value is -2.40. The molecule has 0 aliphatic rings. The normalized spacial score (nSPS) is 12.4. The van der Waals surface area contributed by atoms with Gasteiger partial charge in [-0.15, -0.1) is 0 Å². The molecular weight excluding hydrogens is 316 g/mol. The van der Waals surface area contributed by atoms with Gasteiger partial charge in [-0.25, -0.2) is 0 Å². The van der Waals surface area contributed by atoms with Crippen LogP contribution in [0.4, 0.5) is 5.69 Å². The molecule has 0 radical (unpaired) electrons. The third-order valence-electron chi connectivity index (χ3n) is 4.15. The smallest absolute Gasteiger partial charge is 0.253 e. The third kappa shape index (κ3) is 4.79. The lowest BCUT2D eigenvalue weighted by Gasteiger charge is -2.17. The number of carbonyl (C=O) groups excluding carboxylic acids is 2. The van der Waals surface area contributed by atoms with E-state index < -0.39 is 6.10 Å². The van der Waals surface area contributed by atoms with E-state index in [1.165, 1.54) is 0 Å². The molecule has 1 unspecified atom stereocenters. The number of aliphatic hydroxyl groups excluding tert-OH is 1. The van der Waals surface area contributed by atoms with Gasteiger partial charge in [-0.3, -0.25) is 9.59 Å². The Morgan fingerprint density at radius 1 is 1.04 bits per heavy atom. The van der Waals surface area contributed by atoms with Gasteiger partial charge in [0, 0.05) is 12.5 Å². The fraction of sp³-hybridized carbons (Fsp3) is 0.400. The second-order valence-electron chi connectivity index (χ2n) is 6.91. The van der Waals surface area contributed by atoms with Crippen LogP contribution < -0.4 is 10.6 Å². The molecular formula is C20H26N2O3. The molecule has 25 heavy (non-hydrogen) atoms. The van der Waals surface area contributed by atoms with Crippen molar-refractivity contribution in [2.75, 3.05) is 11.9 Å². The molecule has 1 atom stereocenters. The number of rotatable bonds is 6. The number of hydrogen-bond donors (Lipinski definition) is 3. The standard InChI is InChI=1S/C20H26N2O3/c1-12(2)18(23)11-21-20(25)16-9-14-7-5-6-8-15(14)10-17(16)22-19(24)13(3)4/h5-10,12-13,18,23H,11H2,1-4H3,(H,21,25)(H,22,24). The van der Waals surface area contributed by atoms with Crippen molar-refractivity contribution in [3.8, 4) is 0 Å². The van der Waals surface area contributed by atoms with E-state index in [1.807, 2.05) is 44.2 Å². The van der Waals surface area contributed by atoms with Gasteiger partial charge in [0.1, 0.15) is 0 Å².